The van der Waals surface area contributed by atoms with Crippen molar-refractivity contribution in [2.75, 3.05) is 25.1 Å². The fourth-order valence-electron chi connectivity index (χ4n) is 1.88. The monoisotopic (exact) mass is 245 g/mol. The molecular weight excluding hydrogens is 234 g/mol. The van der Waals surface area contributed by atoms with E-state index in [0.717, 1.165) is 5.69 Å². The highest BCUT2D eigenvalue weighted by Gasteiger charge is 2.38. The number of benzene rings is 1. The molecule has 2 aromatic rings. The highest BCUT2D eigenvalue weighted by Crippen LogP contribution is 2.27. The Morgan fingerprint density at radius 3 is 3.00 bits per heavy atom. The number of nitriles is 1. The lowest BCUT2D eigenvalue weighted by atomic mass is 9.88. The zero-order valence-corrected chi connectivity index (χ0v) is 9.53. The van der Waals surface area contributed by atoms with Gasteiger partial charge in [-0.25, -0.2) is 4.79 Å². The molecule has 6 nitrogen and oxygen atoms in total. The maximum Gasteiger partial charge on any atom is 0.417 e. The van der Waals surface area contributed by atoms with Crippen LogP contribution in [0.1, 0.15) is 0 Å². The lowest BCUT2D eigenvalue weighted by Gasteiger charge is -2.35. The molecule has 18 heavy (non-hydrogen) atoms. The molecule has 1 aromatic carbocycles. The summed E-state index contributed by atoms with van der Waals surface area (Å²) < 4.78 is 10.0. The predicted molar refractivity (Wildman–Crippen MR) is 64.2 cm³/mol. The van der Waals surface area contributed by atoms with E-state index in [1.807, 2.05) is 6.07 Å². The number of H-pyrrole nitrogens is 1. The number of nitrogens with one attached hydrogen (secondary N) is 2. The molecule has 6 heteroatoms. The number of hydrogen-bond acceptors (Lipinski definition) is 5. The van der Waals surface area contributed by atoms with Crippen LogP contribution in [0, 0.1) is 16.7 Å². The lowest BCUT2D eigenvalue weighted by Crippen LogP contribution is -2.46. The van der Waals surface area contributed by atoms with E-state index < -0.39 is 11.2 Å². The van der Waals surface area contributed by atoms with Crippen molar-refractivity contribution in [3.63, 3.8) is 0 Å². The number of hydrogen-bond donors (Lipinski definition) is 2. The summed E-state index contributed by atoms with van der Waals surface area (Å²) in [5, 5.41) is 12.2. The quantitative estimate of drug-likeness (QED) is 0.844. The highest BCUT2D eigenvalue weighted by molar-refractivity contribution is 5.76. The Hall–Kier alpha value is -2.26. The number of aromatic amines is 1. The third-order valence-corrected chi connectivity index (χ3v) is 3.05. The van der Waals surface area contributed by atoms with E-state index in [1.165, 1.54) is 0 Å². The first-order valence-corrected chi connectivity index (χ1v) is 5.57. The van der Waals surface area contributed by atoms with E-state index in [4.69, 9.17) is 14.4 Å². The van der Waals surface area contributed by atoms with Crippen molar-refractivity contribution < 1.29 is 9.15 Å². The minimum absolute atomic E-state index is 0.437. The first-order chi connectivity index (χ1) is 8.71. The van der Waals surface area contributed by atoms with Crippen LogP contribution < -0.4 is 11.1 Å². The van der Waals surface area contributed by atoms with Crippen molar-refractivity contribution in [1.29, 1.82) is 5.26 Å². The van der Waals surface area contributed by atoms with Gasteiger partial charge in [-0.05, 0) is 12.1 Å². The average molecular weight is 245 g/mol. The summed E-state index contributed by atoms with van der Waals surface area (Å²) in [6, 6.07) is 7.59. The summed E-state index contributed by atoms with van der Waals surface area (Å²) in [5.41, 5.74) is 1.54. The maximum atomic E-state index is 11.0. The number of oxazole rings is 1. The van der Waals surface area contributed by atoms with Crippen LogP contribution in [0.5, 0.6) is 0 Å². The Labute approximate surface area is 102 Å². The summed E-state index contributed by atoms with van der Waals surface area (Å²) in [7, 11) is 0. The minimum Gasteiger partial charge on any atom is -0.408 e. The van der Waals surface area contributed by atoms with Gasteiger partial charge in [0, 0.05) is 18.3 Å². The van der Waals surface area contributed by atoms with Gasteiger partial charge < -0.3 is 14.5 Å². The smallest absolute Gasteiger partial charge is 0.408 e. The molecule has 0 spiro atoms. The Morgan fingerprint density at radius 2 is 2.33 bits per heavy atom. The largest absolute Gasteiger partial charge is 0.417 e. The first-order valence-electron chi connectivity index (χ1n) is 5.57. The van der Waals surface area contributed by atoms with Gasteiger partial charge in [0.05, 0.1) is 24.8 Å². The standard InChI is InChI=1S/C12H11N3O3/c13-4-12(6-17-7-12)5-14-8-1-2-9-10(3-8)18-11(16)15-9/h1-3,14H,5-7H2,(H,15,16). The zero-order valence-electron chi connectivity index (χ0n) is 9.53. The fourth-order valence-corrected chi connectivity index (χ4v) is 1.88. The molecule has 1 aliphatic heterocycles. The van der Waals surface area contributed by atoms with E-state index in [0.29, 0.717) is 30.9 Å². The van der Waals surface area contributed by atoms with Crippen molar-refractivity contribution >= 4 is 16.8 Å². The third kappa shape index (κ3) is 1.75. The number of ether oxygens (including phenoxy) is 1. The molecule has 1 saturated heterocycles. The molecule has 1 fully saturated rings. The zero-order chi connectivity index (χ0) is 12.6. The molecule has 1 aromatic heterocycles. The van der Waals surface area contributed by atoms with Crippen molar-refractivity contribution in [2.24, 2.45) is 5.41 Å². The van der Waals surface area contributed by atoms with Gasteiger partial charge in [-0.3, -0.25) is 4.98 Å². The van der Waals surface area contributed by atoms with Gasteiger partial charge in [-0.15, -0.1) is 0 Å². The maximum absolute atomic E-state index is 11.0. The molecule has 2 heterocycles. The fraction of sp³-hybridized carbons (Fsp3) is 0.333. The van der Waals surface area contributed by atoms with Gasteiger partial charge in [0.2, 0.25) is 0 Å². The van der Waals surface area contributed by atoms with E-state index in [9.17, 15) is 4.79 Å². The van der Waals surface area contributed by atoms with Crippen LogP contribution in [0.25, 0.3) is 11.1 Å². The molecule has 92 valence electrons. The molecular formula is C12H11N3O3. The SMILES string of the molecule is N#CC1(CNc2ccc3[nH]c(=O)oc3c2)COC1. The Bertz CT molecular complexity index is 676. The summed E-state index contributed by atoms with van der Waals surface area (Å²) in [6.07, 6.45) is 0. The second-order valence-corrected chi connectivity index (χ2v) is 4.46. The topological polar surface area (TPSA) is 91.1 Å². The van der Waals surface area contributed by atoms with Gasteiger partial charge in [-0.1, -0.05) is 0 Å². The summed E-state index contributed by atoms with van der Waals surface area (Å²) >= 11 is 0. The van der Waals surface area contributed by atoms with Crippen molar-refractivity contribution in [1.82, 2.24) is 4.98 Å². The normalized spacial score (nSPS) is 17.1. The third-order valence-electron chi connectivity index (χ3n) is 3.05. The number of aromatic nitrogens is 1. The predicted octanol–water partition coefficient (Wildman–Crippen LogP) is 1.07. The first kappa shape index (κ1) is 10.9. The van der Waals surface area contributed by atoms with Crippen LogP contribution in [0.2, 0.25) is 0 Å². The van der Waals surface area contributed by atoms with Crippen LogP contribution in [0.4, 0.5) is 5.69 Å². The Kier molecular flexibility index (Phi) is 2.35. The molecule has 0 saturated carbocycles. The molecule has 0 aliphatic carbocycles. The van der Waals surface area contributed by atoms with Gasteiger partial charge >= 0.3 is 5.76 Å². The van der Waals surface area contributed by atoms with E-state index >= 15 is 0 Å². The molecule has 0 bridgehead atoms. The van der Waals surface area contributed by atoms with Crippen molar-refractivity contribution in [3.05, 3.63) is 28.7 Å². The Morgan fingerprint density at radius 1 is 1.50 bits per heavy atom. The van der Waals surface area contributed by atoms with Gasteiger partial charge in [0.25, 0.3) is 0 Å². The number of fused-ring (bicyclic) bond motifs is 1. The number of nitrogens with zero attached hydrogens (tertiary/aromatic N) is 1. The van der Waals surface area contributed by atoms with Gasteiger partial charge in [0.15, 0.2) is 5.58 Å². The van der Waals surface area contributed by atoms with Gasteiger partial charge in [0.1, 0.15) is 5.41 Å². The van der Waals surface area contributed by atoms with Crippen LogP contribution in [-0.2, 0) is 4.74 Å². The van der Waals surface area contributed by atoms with Crippen LogP contribution in [0.3, 0.4) is 0 Å². The molecule has 0 atom stereocenters. The number of anilines is 1. The number of rotatable bonds is 3. The van der Waals surface area contributed by atoms with E-state index in [2.05, 4.69) is 16.4 Å². The second kappa shape index (κ2) is 3.89. The summed E-state index contributed by atoms with van der Waals surface area (Å²) in [4.78, 5) is 13.6. The highest BCUT2D eigenvalue weighted by atomic mass is 16.5. The molecule has 0 unspecified atom stereocenters. The molecule has 1 aliphatic rings. The van der Waals surface area contributed by atoms with Crippen molar-refractivity contribution in [2.45, 2.75) is 0 Å². The molecule has 2 N–H and O–H groups in total. The molecule has 0 radical (unpaired) electrons. The molecule has 3 rings (SSSR count). The second-order valence-electron chi connectivity index (χ2n) is 4.46. The van der Waals surface area contributed by atoms with Crippen molar-refractivity contribution in [3.8, 4) is 6.07 Å². The lowest BCUT2D eigenvalue weighted by molar-refractivity contribution is -0.0690. The summed E-state index contributed by atoms with van der Waals surface area (Å²) in [6.45, 7) is 1.43. The van der Waals surface area contributed by atoms with Crippen LogP contribution in [0.15, 0.2) is 27.4 Å². The molecule has 0 amide bonds. The van der Waals surface area contributed by atoms with Crippen LogP contribution >= 0.6 is 0 Å². The van der Waals surface area contributed by atoms with E-state index in [-0.39, 0.29) is 0 Å². The minimum atomic E-state index is -0.469. The average Bonchev–Trinajstić information content (AvgIpc) is 2.67. The Balaban J connectivity index is 1.78. The van der Waals surface area contributed by atoms with Crippen LogP contribution in [-0.4, -0.2) is 24.7 Å². The summed E-state index contributed by atoms with van der Waals surface area (Å²) in [5.74, 6) is -0.469. The van der Waals surface area contributed by atoms with Gasteiger partial charge in [-0.2, -0.15) is 5.26 Å². The van der Waals surface area contributed by atoms with E-state index in [1.54, 1.807) is 12.1 Å².